The predicted molar refractivity (Wildman–Crippen MR) is 126 cm³/mol. The summed E-state index contributed by atoms with van der Waals surface area (Å²) >= 11 is 12.4. The van der Waals surface area contributed by atoms with Crippen molar-refractivity contribution in [2.24, 2.45) is 0 Å². The number of rotatable bonds is 8. The van der Waals surface area contributed by atoms with E-state index < -0.39 is 0 Å². The van der Waals surface area contributed by atoms with Crippen LogP contribution < -0.4 is 10.6 Å². The van der Waals surface area contributed by atoms with E-state index in [1.807, 2.05) is 0 Å². The molecule has 9 heteroatoms. The summed E-state index contributed by atoms with van der Waals surface area (Å²) in [5, 5.41) is 5.86. The minimum Gasteiger partial charge on any atom is -0.457 e. The summed E-state index contributed by atoms with van der Waals surface area (Å²) in [6.45, 7) is 7.37. The second-order valence-electron chi connectivity index (χ2n) is 6.53. The Morgan fingerprint density at radius 2 is 2.07 bits per heavy atom. The Morgan fingerprint density at radius 3 is 2.73 bits per heavy atom. The normalized spacial score (nSPS) is 15.1. The molecule has 0 atom stereocenters. The average molecular weight is 464 g/mol. The number of furan rings is 1. The van der Waals surface area contributed by atoms with Gasteiger partial charge in [0.05, 0.1) is 15.5 Å². The Kier molecular flexibility index (Phi) is 7.71. The summed E-state index contributed by atoms with van der Waals surface area (Å²) in [6, 6.07) is 8.72. The van der Waals surface area contributed by atoms with E-state index in [9.17, 15) is 9.59 Å². The number of carbonyl (C=O) groups is 2. The van der Waals surface area contributed by atoms with Crippen LogP contribution in [-0.2, 0) is 4.79 Å². The van der Waals surface area contributed by atoms with Crippen LogP contribution in [0.4, 0.5) is 0 Å². The number of amides is 2. The number of likely N-dealkylation sites (N-methyl/N-ethyl adjacent to an activating group) is 1. The zero-order valence-corrected chi connectivity index (χ0v) is 19.0. The first kappa shape index (κ1) is 22.6. The lowest BCUT2D eigenvalue weighted by Gasteiger charge is -2.18. The maximum Gasteiger partial charge on any atom is 0.263 e. The van der Waals surface area contributed by atoms with Gasteiger partial charge in [0.2, 0.25) is 0 Å². The first-order chi connectivity index (χ1) is 14.4. The molecule has 158 valence electrons. The number of nitrogens with one attached hydrogen (secondary N) is 2. The molecule has 1 saturated heterocycles. The van der Waals surface area contributed by atoms with E-state index in [0.717, 1.165) is 25.2 Å². The fourth-order valence-corrected chi connectivity index (χ4v) is 4.18. The van der Waals surface area contributed by atoms with Crippen LogP contribution in [0.5, 0.6) is 0 Å². The van der Waals surface area contributed by atoms with Gasteiger partial charge in [0.15, 0.2) is 0 Å². The summed E-state index contributed by atoms with van der Waals surface area (Å²) in [5.74, 6) is 0.628. The number of thioether (sulfide) groups is 1. The number of halogens is 1. The third-order valence-electron chi connectivity index (χ3n) is 4.65. The zero-order chi connectivity index (χ0) is 21.7. The number of hydrogen-bond acceptors (Lipinski definition) is 6. The molecular formula is C21H22ClN3O3S2. The number of carbonyl (C=O) groups excluding carboxylic acids is 2. The van der Waals surface area contributed by atoms with E-state index in [1.165, 1.54) is 11.8 Å². The van der Waals surface area contributed by atoms with Gasteiger partial charge in [-0.1, -0.05) is 49.4 Å². The van der Waals surface area contributed by atoms with Crippen molar-refractivity contribution in [2.45, 2.75) is 13.8 Å². The van der Waals surface area contributed by atoms with E-state index in [0.29, 0.717) is 37.9 Å². The molecular weight excluding hydrogens is 442 g/mol. The molecule has 2 N–H and O–H groups in total. The minimum atomic E-state index is -0.238. The van der Waals surface area contributed by atoms with E-state index in [4.69, 9.17) is 28.2 Å². The molecule has 1 aromatic carbocycles. The topological polar surface area (TPSA) is 74.6 Å². The van der Waals surface area contributed by atoms with Crippen molar-refractivity contribution in [1.82, 2.24) is 15.5 Å². The van der Waals surface area contributed by atoms with Crippen molar-refractivity contribution in [2.75, 3.05) is 26.2 Å². The number of benzene rings is 1. The highest BCUT2D eigenvalue weighted by atomic mass is 35.5. The van der Waals surface area contributed by atoms with Gasteiger partial charge in [-0.05, 0) is 43.4 Å². The number of hydrogen-bond donors (Lipinski definition) is 2. The van der Waals surface area contributed by atoms with Crippen LogP contribution in [-0.4, -0.2) is 47.2 Å². The lowest BCUT2D eigenvalue weighted by atomic mass is 10.1. The Morgan fingerprint density at radius 1 is 1.30 bits per heavy atom. The number of thiocarbonyl (C=S) groups is 1. The van der Waals surface area contributed by atoms with Crippen LogP contribution in [0, 0.1) is 0 Å². The molecule has 1 fully saturated rings. The zero-order valence-electron chi connectivity index (χ0n) is 16.7. The Labute approximate surface area is 190 Å². The van der Waals surface area contributed by atoms with Gasteiger partial charge in [0.25, 0.3) is 11.8 Å². The molecule has 1 aliphatic rings. The van der Waals surface area contributed by atoms with Crippen molar-refractivity contribution < 1.29 is 14.0 Å². The van der Waals surface area contributed by atoms with Crippen molar-refractivity contribution in [3.63, 3.8) is 0 Å². The summed E-state index contributed by atoms with van der Waals surface area (Å²) in [5.41, 5.74) is 1.11. The molecule has 0 aliphatic carbocycles. The highest BCUT2D eigenvalue weighted by molar-refractivity contribution is 8.26. The van der Waals surface area contributed by atoms with Crippen LogP contribution in [0.1, 0.15) is 30.0 Å². The SMILES string of the molecule is CCN(CC)CCNC(=O)c1cc(-c2ccc(/C=C3/SC(=S)NC3=O)o2)ccc1Cl. The molecule has 2 amide bonds. The van der Waals surface area contributed by atoms with Crippen molar-refractivity contribution >= 4 is 57.8 Å². The van der Waals surface area contributed by atoms with Gasteiger partial charge in [-0.3, -0.25) is 9.59 Å². The van der Waals surface area contributed by atoms with E-state index in [1.54, 1.807) is 36.4 Å². The van der Waals surface area contributed by atoms with Crippen molar-refractivity contribution in [3.8, 4) is 11.3 Å². The van der Waals surface area contributed by atoms with Crippen LogP contribution in [0.3, 0.4) is 0 Å². The molecule has 0 spiro atoms. The Balaban J connectivity index is 1.73. The average Bonchev–Trinajstić information content (AvgIpc) is 3.31. The van der Waals surface area contributed by atoms with E-state index in [-0.39, 0.29) is 11.8 Å². The van der Waals surface area contributed by atoms with Crippen LogP contribution >= 0.6 is 35.6 Å². The monoisotopic (exact) mass is 463 g/mol. The van der Waals surface area contributed by atoms with Gasteiger partial charge in [0.1, 0.15) is 15.8 Å². The van der Waals surface area contributed by atoms with Crippen molar-refractivity contribution in [1.29, 1.82) is 0 Å². The quantitative estimate of drug-likeness (QED) is 0.452. The summed E-state index contributed by atoms with van der Waals surface area (Å²) in [6.07, 6.45) is 1.64. The van der Waals surface area contributed by atoms with Gasteiger partial charge in [-0.2, -0.15) is 0 Å². The molecule has 1 aliphatic heterocycles. The van der Waals surface area contributed by atoms with E-state index in [2.05, 4.69) is 29.4 Å². The standard InChI is InChI=1S/C21H22ClN3O3S2/c1-3-25(4-2)10-9-23-19(26)15-11-13(5-7-16(15)22)17-8-6-14(28-17)12-18-20(27)24-21(29)30-18/h5-8,11-12H,3-4,9-10H2,1-2H3,(H,23,26)(H,24,27,29)/b18-12+. The molecule has 0 radical (unpaired) electrons. The third-order valence-corrected chi connectivity index (χ3v) is 6.14. The Bertz CT molecular complexity index is 999. The fourth-order valence-electron chi connectivity index (χ4n) is 2.95. The Hall–Kier alpha value is -2.13. The number of nitrogens with zero attached hydrogens (tertiary/aromatic N) is 1. The van der Waals surface area contributed by atoms with Crippen LogP contribution in [0.25, 0.3) is 17.4 Å². The summed E-state index contributed by atoms with van der Waals surface area (Å²) < 4.78 is 6.26. The molecule has 2 aromatic rings. The molecule has 2 heterocycles. The van der Waals surface area contributed by atoms with Gasteiger partial charge in [0, 0.05) is 24.7 Å². The first-order valence-corrected chi connectivity index (χ1v) is 11.2. The summed E-state index contributed by atoms with van der Waals surface area (Å²) in [7, 11) is 0. The molecule has 0 unspecified atom stereocenters. The van der Waals surface area contributed by atoms with Crippen LogP contribution in [0.15, 0.2) is 39.7 Å². The fraction of sp³-hybridized carbons (Fsp3) is 0.286. The molecule has 1 aromatic heterocycles. The molecule has 30 heavy (non-hydrogen) atoms. The minimum absolute atomic E-state index is 0.226. The largest absolute Gasteiger partial charge is 0.457 e. The maximum absolute atomic E-state index is 12.6. The second kappa shape index (κ2) is 10.3. The van der Waals surface area contributed by atoms with Crippen LogP contribution in [0.2, 0.25) is 5.02 Å². The third kappa shape index (κ3) is 5.51. The van der Waals surface area contributed by atoms with Crippen molar-refractivity contribution in [3.05, 3.63) is 51.6 Å². The molecule has 6 nitrogen and oxygen atoms in total. The van der Waals surface area contributed by atoms with Gasteiger partial charge < -0.3 is 20.0 Å². The summed E-state index contributed by atoms with van der Waals surface area (Å²) in [4.78, 5) is 27.1. The highest BCUT2D eigenvalue weighted by Gasteiger charge is 2.22. The molecule has 3 rings (SSSR count). The maximum atomic E-state index is 12.6. The smallest absolute Gasteiger partial charge is 0.263 e. The van der Waals surface area contributed by atoms with E-state index >= 15 is 0 Å². The van der Waals surface area contributed by atoms with Gasteiger partial charge >= 0.3 is 0 Å². The molecule has 0 saturated carbocycles. The highest BCUT2D eigenvalue weighted by Crippen LogP contribution is 2.30. The lowest BCUT2D eigenvalue weighted by Crippen LogP contribution is -2.34. The predicted octanol–water partition coefficient (Wildman–Crippen LogP) is 4.16. The van der Waals surface area contributed by atoms with Gasteiger partial charge in [-0.25, -0.2) is 0 Å². The second-order valence-corrected chi connectivity index (χ2v) is 8.66. The molecule has 0 bridgehead atoms. The lowest BCUT2D eigenvalue weighted by molar-refractivity contribution is -0.115. The van der Waals surface area contributed by atoms with Gasteiger partial charge in [-0.15, -0.1) is 0 Å². The first-order valence-electron chi connectivity index (χ1n) is 9.56.